The van der Waals surface area contributed by atoms with Crippen molar-refractivity contribution in [3.63, 3.8) is 0 Å². The number of hydrogen-bond donors (Lipinski definition) is 1. The molecular formula is C20H23NO5. The standard InChI is InChI=1S/C20H23NO5/c1-3-25-18-7-5-4-6-15(18)8-13-20(23)26-14-19(22)21-16-9-11-17(24-2)12-10-16/h4-7,9-12H,3,8,13-14H2,1-2H3,(H,21,22). The fourth-order valence-electron chi connectivity index (χ4n) is 2.33. The van der Waals surface area contributed by atoms with Gasteiger partial charge in [-0.1, -0.05) is 18.2 Å². The van der Waals surface area contributed by atoms with Gasteiger partial charge in [0.2, 0.25) is 0 Å². The lowest BCUT2D eigenvalue weighted by Crippen LogP contribution is -2.21. The predicted molar refractivity (Wildman–Crippen MR) is 98.5 cm³/mol. The average Bonchev–Trinajstić information content (AvgIpc) is 2.66. The molecule has 0 heterocycles. The van der Waals surface area contributed by atoms with E-state index in [1.165, 1.54) is 0 Å². The molecule has 138 valence electrons. The van der Waals surface area contributed by atoms with Gasteiger partial charge in [0, 0.05) is 12.1 Å². The third kappa shape index (κ3) is 6.12. The van der Waals surface area contributed by atoms with Crippen LogP contribution in [-0.4, -0.2) is 32.2 Å². The molecule has 1 N–H and O–H groups in total. The molecule has 0 fully saturated rings. The van der Waals surface area contributed by atoms with E-state index in [0.29, 0.717) is 24.5 Å². The van der Waals surface area contributed by atoms with Gasteiger partial charge in [-0.2, -0.15) is 0 Å². The van der Waals surface area contributed by atoms with Crippen molar-refractivity contribution in [1.29, 1.82) is 0 Å². The number of carbonyl (C=O) groups excluding carboxylic acids is 2. The molecule has 2 rings (SSSR count). The van der Waals surface area contributed by atoms with Crippen LogP contribution in [0.3, 0.4) is 0 Å². The molecule has 0 bridgehead atoms. The molecule has 6 heteroatoms. The summed E-state index contributed by atoms with van der Waals surface area (Å²) in [6.45, 7) is 2.15. The monoisotopic (exact) mass is 357 g/mol. The summed E-state index contributed by atoms with van der Waals surface area (Å²) in [4.78, 5) is 23.7. The molecule has 1 amide bonds. The Bertz CT molecular complexity index is 727. The molecule has 2 aromatic carbocycles. The Labute approximate surface area is 153 Å². The van der Waals surface area contributed by atoms with Crippen molar-refractivity contribution in [2.45, 2.75) is 19.8 Å². The van der Waals surface area contributed by atoms with Crippen LogP contribution in [0.4, 0.5) is 5.69 Å². The van der Waals surface area contributed by atoms with Gasteiger partial charge in [-0.15, -0.1) is 0 Å². The Morgan fingerprint density at radius 3 is 2.46 bits per heavy atom. The third-order valence-corrected chi connectivity index (χ3v) is 3.61. The summed E-state index contributed by atoms with van der Waals surface area (Å²) in [7, 11) is 1.57. The first-order valence-electron chi connectivity index (χ1n) is 8.42. The van der Waals surface area contributed by atoms with Gasteiger partial charge in [0.25, 0.3) is 5.91 Å². The number of esters is 1. The number of nitrogens with one attached hydrogen (secondary N) is 1. The summed E-state index contributed by atoms with van der Waals surface area (Å²) in [5, 5.41) is 2.66. The number of hydrogen-bond acceptors (Lipinski definition) is 5. The molecular weight excluding hydrogens is 334 g/mol. The van der Waals surface area contributed by atoms with Gasteiger partial charge < -0.3 is 19.5 Å². The first-order chi connectivity index (χ1) is 12.6. The van der Waals surface area contributed by atoms with E-state index in [-0.39, 0.29) is 13.0 Å². The minimum atomic E-state index is -0.429. The molecule has 0 aromatic heterocycles. The lowest BCUT2D eigenvalue weighted by molar-refractivity contribution is -0.147. The van der Waals surface area contributed by atoms with Crippen molar-refractivity contribution in [3.05, 3.63) is 54.1 Å². The van der Waals surface area contributed by atoms with Gasteiger partial charge in [0.15, 0.2) is 6.61 Å². The summed E-state index contributed by atoms with van der Waals surface area (Å²) in [5.41, 5.74) is 1.55. The predicted octanol–water partition coefficient (Wildman–Crippen LogP) is 3.21. The van der Waals surface area contributed by atoms with Crippen LogP contribution in [-0.2, 0) is 20.7 Å². The molecule has 0 atom stereocenters. The van der Waals surface area contributed by atoms with E-state index in [4.69, 9.17) is 14.2 Å². The second-order valence-electron chi connectivity index (χ2n) is 5.48. The number of para-hydroxylation sites is 1. The van der Waals surface area contributed by atoms with Gasteiger partial charge in [-0.05, 0) is 49.2 Å². The molecule has 2 aromatic rings. The van der Waals surface area contributed by atoms with Crippen molar-refractivity contribution in [1.82, 2.24) is 0 Å². The number of ether oxygens (including phenoxy) is 3. The number of aryl methyl sites for hydroxylation is 1. The van der Waals surface area contributed by atoms with E-state index in [2.05, 4.69) is 5.32 Å². The van der Waals surface area contributed by atoms with Crippen LogP contribution in [0.15, 0.2) is 48.5 Å². The Morgan fingerprint density at radius 2 is 1.77 bits per heavy atom. The highest BCUT2D eigenvalue weighted by molar-refractivity contribution is 5.92. The summed E-state index contributed by atoms with van der Waals surface area (Å²) >= 11 is 0. The molecule has 0 spiro atoms. The number of carbonyl (C=O) groups is 2. The van der Waals surface area contributed by atoms with Gasteiger partial charge >= 0.3 is 5.97 Å². The highest BCUT2D eigenvalue weighted by Gasteiger charge is 2.10. The largest absolute Gasteiger partial charge is 0.497 e. The number of methoxy groups -OCH3 is 1. The van der Waals surface area contributed by atoms with Crippen molar-refractivity contribution >= 4 is 17.6 Å². The summed E-state index contributed by atoms with van der Waals surface area (Å²) in [6, 6.07) is 14.4. The van der Waals surface area contributed by atoms with E-state index >= 15 is 0 Å². The molecule has 0 saturated carbocycles. The maximum absolute atomic E-state index is 11.9. The fourth-order valence-corrected chi connectivity index (χ4v) is 2.33. The van der Waals surface area contributed by atoms with Gasteiger partial charge in [0.1, 0.15) is 11.5 Å². The Balaban J connectivity index is 1.75. The maximum Gasteiger partial charge on any atom is 0.306 e. The van der Waals surface area contributed by atoms with Crippen LogP contribution >= 0.6 is 0 Å². The van der Waals surface area contributed by atoms with Crippen LogP contribution < -0.4 is 14.8 Å². The molecule has 0 aliphatic heterocycles. The van der Waals surface area contributed by atoms with Crippen molar-refractivity contribution < 1.29 is 23.8 Å². The van der Waals surface area contributed by atoms with E-state index in [0.717, 1.165) is 11.3 Å². The van der Waals surface area contributed by atoms with Crippen LogP contribution in [0.1, 0.15) is 18.9 Å². The quantitative estimate of drug-likeness (QED) is 0.698. The van der Waals surface area contributed by atoms with Crippen LogP contribution in [0, 0.1) is 0 Å². The first-order valence-corrected chi connectivity index (χ1v) is 8.42. The van der Waals surface area contributed by atoms with Crippen LogP contribution in [0.5, 0.6) is 11.5 Å². The maximum atomic E-state index is 11.9. The Morgan fingerprint density at radius 1 is 1.04 bits per heavy atom. The molecule has 0 radical (unpaired) electrons. The molecule has 0 unspecified atom stereocenters. The Hall–Kier alpha value is -3.02. The van der Waals surface area contributed by atoms with Crippen molar-refractivity contribution in [2.24, 2.45) is 0 Å². The van der Waals surface area contributed by atoms with Crippen LogP contribution in [0.25, 0.3) is 0 Å². The molecule has 0 saturated heterocycles. The number of benzene rings is 2. The lowest BCUT2D eigenvalue weighted by Gasteiger charge is -2.10. The van der Waals surface area contributed by atoms with Crippen molar-refractivity contribution in [2.75, 3.05) is 25.6 Å². The smallest absolute Gasteiger partial charge is 0.306 e. The van der Waals surface area contributed by atoms with E-state index in [1.54, 1.807) is 31.4 Å². The normalized spacial score (nSPS) is 10.1. The zero-order valence-electron chi connectivity index (χ0n) is 15.0. The van der Waals surface area contributed by atoms with Gasteiger partial charge in [-0.3, -0.25) is 9.59 Å². The highest BCUT2D eigenvalue weighted by Crippen LogP contribution is 2.19. The van der Waals surface area contributed by atoms with E-state index < -0.39 is 11.9 Å². The first kappa shape index (κ1) is 19.3. The minimum absolute atomic E-state index is 0.180. The van der Waals surface area contributed by atoms with E-state index in [1.807, 2.05) is 31.2 Å². The summed E-state index contributed by atoms with van der Waals surface area (Å²) in [5.74, 6) is 0.640. The fraction of sp³-hybridized carbons (Fsp3) is 0.300. The minimum Gasteiger partial charge on any atom is -0.497 e. The SMILES string of the molecule is CCOc1ccccc1CCC(=O)OCC(=O)Nc1ccc(OC)cc1. The second kappa shape index (κ2) is 10.1. The molecule has 0 aliphatic rings. The second-order valence-corrected chi connectivity index (χ2v) is 5.48. The van der Waals surface area contributed by atoms with E-state index in [9.17, 15) is 9.59 Å². The van der Waals surface area contributed by atoms with Gasteiger partial charge in [0.05, 0.1) is 13.7 Å². The topological polar surface area (TPSA) is 73.9 Å². The number of amides is 1. The lowest BCUT2D eigenvalue weighted by atomic mass is 10.1. The number of anilines is 1. The molecule has 0 aliphatic carbocycles. The van der Waals surface area contributed by atoms with Crippen molar-refractivity contribution in [3.8, 4) is 11.5 Å². The number of rotatable bonds is 9. The summed E-state index contributed by atoms with van der Waals surface area (Å²) in [6.07, 6.45) is 0.676. The third-order valence-electron chi connectivity index (χ3n) is 3.61. The molecule has 6 nitrogen and oxygen atoms in total. The zero-order chi connectivity index (χ0) is 18.8. The van der Waals surface area contributed by atoms with Crippen LogP contribution in [0.2, 0.25) is 0 Å². The van der Waals surface area contributed by atoms with Gasteiger partial charge in [-0.25, -0.2) is 0 Å². The highest BCUT2D eigenvalue weighted by atomic mass is 16.5. The summed E-state index contributed by atoms with van der Waals surface area (Å²) < 4.78 is 15.6. The average molecular weight is 357 g/mol. The zero-order valence-corrected chi connectivity index (χ0v) is 15.0. The molecule has 26 heavy (non-hydrogen) atoms. The Kier molecular flexibility index (Phi) is 7.49.